The normalized spacial score (nSPS) is 12.9. The highest BCUT2D eigenvalue weighted by Crippen LogP contribution is 2.31. The van der Waals surface area contributed by atoms with E-state index in [-0.39, 0.29) is 23.5 Å². The molecule has 1 aromatic rings. The molecule has 1 rings (SSSR count). The topological polar surface area (TPSA) is 91.2 Å². The van der Waals surface area contributed by atoms with E-state index in [0.717, 1.165) is 6.42 Å². The molecule has 1 atom stereocenters. The van der Waals surface area contributed by atoms with Crippen LogP contribution in [0.4, 0.5) is 5.69 Å². The van der Waals surface area contributed by atoms with Crippen molar-refractivity contribution in [1.82, 2.24) is 0 Å². The lowest BCUT2D eigenvalue weighted by Gasteiger charge is -2.30. The molecule has 0 bridgehead atoms. The van der Waals surface area contributed by atoms with E-state index in [2.05, 4.69) is 11.9 Å². The van der Waals surface area contributed by atoms with Crippen LogP contribution in [0.2, 0.25) is 0 Å². The van der Waals surface area contributed by atoms with Gasteiger partial charge in [-0.3, -0.25) is 0 Å². The lowest BCUT2D eigenvalue weighted by molar-refractivity contribution is -0.0459. The van der Waals surface area contributed by atoms with E-state index < -0.39 is 12.5 Å². The van der Waals surface area contributed by atoms with E-state index in [1.807, 2.05) is 20.8 Å². The molecule has 1 unspecified atom stereocenters. The van der Waals surface area contributed by atoms with E-state index in [9.17, 15) is 15.3 Å². The van der Waals surface area contributed by atoms with E-state index in [1.165, 1.54) is 6.07 Å². The summed E-state index contributed by atoms with van der Waals surface area (Å²) >= 11 is 0. The number of aliphatic hydroxyl groups is 3. The van der Waals surface area contributed by atoms with E-state index in [4.69, 9.17) is 9.47 Å². The summed E-state index contributed by atoms with van der Waals surface area (Å²) in [5.41, 5.74) is 0.512. The van der Waals surface area contributed by atoms with Crippen LogP contribution in [0.3, 0.4) is 0 Å². The second kappa shape index (κ2) is 8.19. The fourth-order valence-corrected chi connectivity index (χ4v) is 1.70. The van der Waals surface area contributed by atoms with Gasteiger partial charge in [-0.2, -0.15) is 0 Å². The van der Waals surface area contributed by atoms with Crippen LogP contribution in [0, 0.1) is 5.41 Å². The van der Waals surface area contributed by atoms with Crippen molar-refractivity contribution in [3.63, 3.8) is 0 Å². The lowest BCUT2D eigenvalue weighted by atomic mass is 9.88. The predicted molar refractivity (Wildman–Crippen MR) is 88.7 cm³/mol. The van der Waals surface area contributed by atoms with Gasteiger partial charge < -0.3 is 30.1 Å². The van der Waals surface area contributed by atoms with Crippen LogP contribution in [0.25, 0.3) is 0 Å². The van der Waals surface area contributed by atoms with Crippen molar-refractivity contribution in [2.24, 2.45) is 5.41 Å². The number of hydrogen-bond acceptors (Lipinski definition) is 6. The summed E-state index contributed by atoms with van der Waals surface area (Å²) in [5, 5.41) is 32.1. The summed E-state index contributed by atoms with van der Waals surface area (Å²) in [6.45, 7) is 11.1. The molecule has 0 aliphatic carbocycles. The highest BCUT2D eigenvalue weighted by Gasteiger charge is 2.26. The first-order valence-electron chi connectivity index (χ1n) is 7.53. The molecule has 23 heavy (non-hydrogen) atoms. The standard InChI is InChI=1S/C17H27NO5/c1-6-17(4,5)16(21)18-12-7-8-13(15(19)20)14(9-12)23-10-22-11(2)3/h7-9,15-16,18-21H,2,6,10H2,1,3-5H3. The number of rotatable bonds is 9. The van der Waals surface area contributed by atoms with Crippen molar-refractivity contribution in [3.05, 3.63) is 36.1 Å². The van der Waals surface area contributed by atoms with Crippen molar-refractivity contribution in [2.45, 2.75) is 46.6 Å². The van der Waals surface area contributed by atoms with Gasteiger partial charge in [0.1, 0.15) is 12.0 Å². The van der Waals surface area contributed by atoms with Crippen LogP contribution in [-0.2, 0) is 4.74 Å². The third kappa shape index (κ3) is 5.74. The molecule has 1 aromatic carbocycles. The van der Waals surface area contributed by atoms with Crippen molar-refractivity contribution < 1.29 is 24.8 Å². The summed E-state index contributed by atoms with van der Waals surface area (Å²) < 4.78 is 10.5. The Balaban J connectivity index is 2.92. The number of anilines is 1. The molecule has 0 heterocycles. The predicted octanol–water partition coefficient (Wildman–Crippen LogP) is 2.72. The average molecular weight is 325 g/mol. The number of nitrogens with one attached hydrogen (secondary N) is 1. The molecular weight excluding hydrogens is 298 g/mol. The summed E-state index contributed by atoms with van der Waals surface area (Å²) in [7, 11) is 0. The van der Waals surface area contributed by atoms with Crippen molar-refractivity contribution in [2.75, 3.05) is 12.1 Å². The Morgan fingerprint density at radius 2 is 1.96 bits per heavy atom. The van der Waals surface area contributed by atoms with Gasteiger partial charge in [0.05, 0.1) is 5.76 Å². The molecule has 0 radical (unpaired) electrons. The number of ether oxygens (including phenoxy) is 2. The third-order valence-electron chi connectivity index (χ3n) is 3.77. The third-order valence-corrected chi connectivity index (χ3v) is 3.77. The van der Waals surface area contributed by atoms with Gasteiger partial charge in [0.25, 0.3) is 0 Å². The van der Waals surface area contributed by atoms with Gasteiger partial charge in [-0.05, 0) is 25.5 Å². The van der Waals surface area contributed by atoms with Gasteiger partial charge in [-0.25, -0.2) is 0 Å². The second-order valence-corrected chi connectivity index (χ2v) is 6.12. The van der Waals surface area contributed by atoms with Gasteiger partial charge in [-0.1, -0.05) is 27.4 Å². The SMILES string of the molecule is C=C(C)OCOc1cc(NC(O)C(C)(C)CC)ccc1C(O)O. The molecule has 0 saturated heterocycles. The summed E-state index contributed by atoms with van der Waals surface area (Å²) in [6.07, 6.45) is -1.62. The molecule has 0 aromatic heterocycles. The molecule has 0 aliphatic heterocycles. The number of hydrogen-bond donors (Lipinski definition) is 4. The minimum Gasteiger partial charge on any atom is -0.463 e. The Labute approximate surface area is 137 Å². The van der Waals surface area contributed by atoms with Crippen LogP contribution < -0.4 is 10.1 Å². The molecule has 4 N–H and O–H groups in total. The maximum atomic E-state index is 10.3. The van der Waals surface area contributed by atoms with E-state index in [0.29, 0.717) is 11.4 Å². The maximum absolute atomic E-state index is 10.3. The average Bonchev–Trinajstić information content (AvgIpc) is 2.46. The largest absolute Gasteiger partial charge is 0.463 e. The fourth-order valence-electron chi connectivity index (χ4n) is 1.70. The molecule has 6 heteroatoms. The number of allylic oxidation sites excluding steroid dienone is 1. The first-order chi connectivity index (χ1) is 10.7. The van der Waals surface area contributed by atoms with Crippen LogP contribution in [-0.4, -0.2) is 28.3 Å². The zero-order valence-corrected chi connectivity index (χ0v) is 14.2. The van der Waals surface area contributed by atoms with Crippen molar-refractivity contribution in [3.8, 4) is 5.75 Å². The Morgan fingerprint density at radius 1 is 1.30 bits per heavy atom. The maximum Gasteiger partial charge on any atom is 0.230 e. The van der Waals surface area contributed by atoms with Crippen LogP contribution in [0.5, 0.6) is 5.75 Å². The van der Waals surface area contributed by atoms with Gasteiger partial charge in [0.2, 0.25) is 6.79 Å². The summed E-state index contributed by atoms with van der Waals surface area (Å²) in [4.78, 5) is 0. The minimum absolute atomic E-state index is 0.0957. The van der Waals surface area contributed by atoms with Crippen LogP contribution in [0.1, 0.15) is 46.0 Å². The van der Waals surface area contributed by atoms with Gasteiger partial charge >= 0.3 is 0 Å². The smallest absolute Gasteiger partial charge is 0.230 e. The zero-order valence-electron chi connectivity index (χ0n) is 14.2. The van der Waals surface area contributed by atoms with Crippen LogP contribution >= 0.6 is 0 Å². The monoisotopic (exact) mass is 325 g/mol. The number of aliphatic hydroxyl groups excluding tert-OH is 2. The minimum atomic E-state index is -1.67. The molecular formula is C17H27NO5. The van der Waals surface area contributed by atoms with Gasteiger partial charge in [0, 0.05) is 22.7 Å². The first kappa shape index (κ1) is 19.3. The van der Waals surface area contributed by atoms with E-state index in [1.54, 1.807) is 19.1 Å². The fraction of sp³-hybridized carbons (Fsp3) is 0.529. The molecule has 6 nitrogen and oxygen atoms in total. The van der Waals surface area contributed by atoms with Crippen molar-refractivity contribution >= 4 is 5.69 Å². The zero-order chi connectivity index (χ0) is 17.6. The molecule has 130 valence electrons. The molecule has 0 fully saturated rings. The number of benzene rings is 1. The summed E-state index contributed by atoms with van der Waals surface area (Å²) in [6, 6.07) is 4.76. The van der Waals surface area contributed by atoms with Gasteiger partial charge in [-0.15, -0.1) is 0 Å². The molecule has 0 saturated carbocycles. The van der Waals surface area contributed by atoms with Crippen LogP contribution in [0.15, 0.2) is 30.5 Å². The first-order valence-corrected chi connectivity index (χ1v) is 7.53. The highest BCUT2D eigenvalue weighted by molar-refractivity contribution is 5.52. The molecule has 0 amide bonds. The Kier molecular flexibility index (Phi) is 6.87. The van der Waals surface area contributed by atoms with Crippen molar-refractivity contribution in [1.29, 1.82) is 0 Å². The second-order valence-electron chi connectivity index (χ2n) is 6.12. The quantitative estimate of drug-likeness (QED) is 0.412. The highest BCUT2D eigenvalue weighted by atomic mass is 16.7. The Bertz CT molecular complexity index is 528. The molecule has 0 aliphatic rings. The summed E-state index contributed by atoms with van der Waals surface area (Å²) in [5.74, 6) is 0.748. The Morgan fingerprint density at radius 3 is 2.48 bits per heavy atom. The molecule has 0 spiro atoms. The van der Waals surface area contributed by atoms with E-state index >= 15 is 0 Å². The lowest BCUT2D eigenvalue weighted by Crippen LogP contribution is -2.35. The Hall–Kier alpha value is -1.76. The van der Waals surface area contributed by atoms with Gasteiger partial charge in [0.15, 0.2) is 6.29 Å².